The van der Waals surface area contributed by atoms with E-state index in [2.05, 4.69) is 17.5 Å². The van der Waals surface area contributed by atoms with Crippen molar-refractivity contribution >= 4 is 11.6 Å². The Balaban J connectivity index is 1.59. The quantitative estimate of drug-likeness (QED) is 0.853. The molecule has 0 aromatic heterocycles. The molecule has 106 valence electrons. The third-order valence-corrected chi connectivity index (χ3v) is 4.49. The van der Waals surface area contributed by atoms with Crippen LogP contribution in [0.1, 0.15) is 25.7 Å². The highest BCUT2D eigenvalue weighted by Crippen LogP contribution is 2.53. The van der Waals surface area contributed by atoms with Crippen molar-refractivity contribution in [2.45, 2.75) is 25.7 Å². The van der Waals surface area contributed by atoms with E-state index in [1.165, 1.54) is 0 Å². The number of hydrogen-bond donors (Lipinski definition) is 1. The number of fused-ring (bicyclic) bond motifs is 1. The third-order valence-electron chi connectivity index (χ3n) is 4.49. The van der Waals surface area contributed by atoms with Crippen LogP contribution in [0, 0.1) is 17.8 Å². The largest absolute Gasteiger partial charge is 0.497 e. The lowest BCUT2D eigenvalue weighted by atomic mass is 10.1. The van der Waals surface area contributed by atoms with Crippen LogP contribution in [0.15, 0.2) is 36.4 Å². The van der Waals surface area contributed by atoms with Crippen LogP contribution in [0.2, 0.25) is 0 Å². The highest BCUT2D eigenvalue weighted by atomic mass is 16.5. The van der Waals surface area contributed by atoms with Crippen LogP contribution in [0.4, 0.5) is 5.69 Å². The topological polar surface area (TPSA) is 38.3 Å². The van der Waals surface area contributed by atoms with Crippen molar-refractivity contribution in [2.24, 2.45) is 17.8 Å². The molecule has 0 bridgehead atoms. The zero-order valence-electron chi connectivity index (χ0n) is 11.8. The summed E-state index contributed by atoms with van der Waals surface area (Å²) in [6.45, 7) is 0. The highest BCUT2D eigenvalue weighted by Gasteiger charge is 2.53. The van der Waals surface area contributed by atoms with Crippen molar-refractivity contribution in [3.05, 3.63) is 36.4 Å². The fourth-order valence-electron chi connectivity index (χ4n) is 3.33. The first-order valence-electron chi connectivity index (χ1n) is 7.39. The van der Waals surface area contributed by atoms with Crippen molar-refractivity contribution in [3.63, 3.8) is 0 Å². The molecule has 2 aliphatic rings. The third kappa shape index (κ3) is 2.72. The van der Waals surface area contributed by atoms with Crippen LogP contribution in [-0.2, 0) is 4.79 Å². The molecule has 1 fully saturated rings. The molecule has 1 aromatic carbocycles. The molecule has 1 saturated carbocycles. The molecule has 1 amide bonds. The van der Waals surface area contributed by atoms with E-state index in [9.17, 15) is 4.79 Å². The number of carbonyl (C=O) groups is 1. The molecule has 2 aliphatic carbocycles. The maximum atomic E-state index is 12.4. The maximum Gasteiger partial charge on any atom is 0.228 e. The summed E-state index contributed by atoms with van der Waals surface area (Å²) in [6.07, 6.45) is 9.06. The lowest BCUT2D eigenvalue weighted by Crippen LogP contribution is -2.15. The first-order valence-corrected chi connectivity index (χ1v) is 7.39. The number of methoxy groups -OCH3 is 1. The minimum atomic E-state index is 0.187. The average Bonchev–Trinajstić information content (AvgIpc) is 3.11. The Bertz CT molecular complexity index is 490. The minimum Gasteiger partial charge on any atom is -0.497 e. The second kappa shape index (κ2) is 5.70. The molecule has 0 heterocycles. The Kier molecular flexibility index (Phi) is 3.77. The first kappa shape index (κ1) is 13.2. The molecule has 20 heavy (non-hydrogen) atoms. The van der Waals surface area contributed by atoms with Gasteiger partial charge in [-0.1, -0.05) is 12.2 Å². The van der Waals surface area contributed by atoms with Gasteiger partial charge in [-0.3, -0.25) is 4.79 Å². The fourth-order valence-corrected chi connectivity index (χ4v) is 3.33. The number of benzene rings is 1. The number of carbonyl (C=O) groups excluding carboxylic acids is 1. The predicted octanol–water partition coefficient (Wildman–Crippen LogP) is 3.63. The summed E-state index contributed by atoms with van der Waals surface area (Å²) in [5.41, 5.74) is 0.855. The second-order valence-corrected chi connectivity index (χ2v) is 5.70. The highest BCUT2D eigenvalue weighted by molar-refractivity contribution is 5.94. The van der Waals surface area contributed by atoms with Gasteiger partial charge in [0.25, 0.3) is 0 Å². The van der Waals surface area contributed by atoms with E-state index in [1.54, 1.807) is 7.11 Å². The molecule has 2 atom stereocenters. The van der Waals surface area contributed by atoms with Gasteiger partial charge in [-0.2, -0.15) is 0 Å². The van der Waals surface area contributed by atoms with Crippen LogP contribution < -0.4 is 10.1 Å². The SMILES string of the molecule is COc1ccc(NC(=O)C2[C@@H]3CCC=CCC[C@@H]23)cc1. The number of anilines is 1. The average molecular weight is 271 g/mol. The van der Waals surface area contributed by atoms with E-state index in [0.717, 1.165) is 37.1 Å². The van der Waals surface area contributed by atoms with E-state index in [-0.39, 0.29) is 11.8 Å². The number of hydrogen-bond acceptors (Lipinski definition) is 2. The summed E-state index contributed by atoms with van der Waals surface area (Å²) in [7, 11) is 1.64. The first-order chi connectivity index (χ1) is 9.79. The summed E-state index contributed by atoms with van der Waals surface area (Å²) in [5.74, 6) is 2.41. The summed E-state index contributed by atoms with van der Waals surface area (Å²) in [6, 6.07) is 7.52. The summed E-state index contributed by atoms with van der Waals surface area (Å²) in [4.78, 5) is 12.4. The predicted molar refractivity (Wildman–Crippen MR) is 79.7 cm³/mol. The van der Waals surface area contributed by atoms with Crippen LogP contribution >= 0.6 is 0 Å². The van der Waals surface area contributed by atoms with Crippen LogP contribution in [0.3, 0.4) is 0 Å². The lowest BCUT2D eigenvalue weighted by molar-refractivity contribution is -0.117. The Labute approximate surface area is 120 Å². The van der Waals surface area contributed by atoms with Crippen LogP contribution in [0.25, 0.3) is 0 Å². The van der Waals surface area contributed by atoms with Crippen LogP contribution in [0.5, 0.6) is 5.75 Å². The lowest BCUT2D eigenvalue weighted by Gasteiger charge is -2.06. The van der Waals surface area contributed by atoms with Gasteiger partial charge in [0.1, 0.15) is 5.75 Å². The molecular formula is C17H21NO2. The Morgan fingerprint density at radius 3 is 2.25 bits per heavy atom. The molecule has 0 unspecified atom stereocenters. The molecule has 3 rings (SSSR count). The van der Waals surface area contributed by atoms with Crippen molar-refractivity contribution in [2.75, 3.05) is 12.4 Å². The van der Waals surface area contributed by atoms with Gasteiger partial charge in [0.2, 0.25) is 5.91 Å². The van der Waals surface area contributed by atoms with Crippen LogP contribution in [-0.4, -0.2) is 13.0 Å². The Morgan fingerprint density at radius 1 is 1.10 bits per heavy atom. The number of amides is 1. The molecule has 0 saturated heterocycles. The molecule has 1 aromatic rings. The molecule has 3 nitrogen and oxygen atoms in total. The van der Waals surface area contributed by atoms with Gasteiger partial charge in [0, 0.05) is 11.6 Å². The van der Waals surface area contributed by atoms with Gasteiger partial charge in [0.15, 0.2) is 0 Å². The summed E-state index contributed by atoms with van der Waals surface area (Å²) >= 11 is 0. The monoisotopic (exact) mass is 271 g/mol. The molecule has 0 aliphatic heterocycles. The molecule has 0 radical (unpaired) electrons. The zero-order valence-corrected chi connectivity index (χ0v) is 11.8. The van der Waals surface area contributed by atoms with Crippen molar-refractivity contribution in [1.29, 1.82) is 0 Å². The van der Waals surface area contributed by atoms with Crippen molar-refractivity contribution in [1.82, 2.24) is 0 Å². The normalized spacial score (nSPS) is 27.9. The van der Waals surface area contributed by atoms with Crippen molar-refractivity contribution < 1.29 is 9.53 Å². The number of ether oxygens (including phenoxy) is 1. The summed E-state index contributed by atoms with van der Waals surface area (Å²) in [5, 5.41) is 3.04. The smallest absolute Gasteiger partial charge is 0.228 e. The molecule has 1 N–H and O–H groups in total. The van der Waals surface area contributed by atoms with E-state index < -0.39 is 0 Å². The Morgan fingerprint density at radius 2 is 1.70 bits per heavy atom. The number of allylic oxidation sites excluding steroid dienone is 2. The molecule has 0 spiro atoms. The zero-order chi connectivity index (χ0) is 13.9. The number of rotatable bonds is 3. The van der Waals surface area contributed by atoms with Gasteiger partial charge >= 0.3 is 0 Å². The van der Waals surface area contributed by atoms with E-state index in [0.29, 0.717) is 11.8 Å². The summed E-state index contributed by atoms with van der Waals surface area (Å²) < 4.78 is 5.12. The number of nitrogens with one attached hydrogen (secondary N) is 1. The Hall–Kier alpha value is -1.77. The standard InChI is InChI=1S/C17H21NO2/c1-20-13-10-8-12(9-11-13)18-17(19)16-14-6-4-2-3-5-7-15(14)16/h2-3,8-11,14-16H,4-7H2,1H3,(H,18,19)/t14-,15-/m1/s1. The fraction of sp³-hybridized carbons (Fsp3) is 0.471. The second-order valence-electron chi connectivity index (χ2n) is 5.70. The van der Waals surface area contributed by atoms with E-state index in [1.807, 2.05) is 24.3 Å². The van der Waals surface area contributed by atoms with Gasteiger partial charge in [-0.05, 0) is 61.8 Å². The molecular weight excluding hydrogens is 250 g/mol. The maximum absolute atomic E-state index is 12.4. The van der Waals surface area contributed by atoms with E-state index >= 15 is 0 Å². The van der Waals surface area contributed by atoms with Gasteiger partial charge in [0.05, 0.1) is 7.11 Å². The van der Waals surface area contributed by atoms with Gasteiger partial charge in [-0.15, -0.1) is 0 Å². The van der Waals surface area contributed by atoms with E-state index in [4.69, 9.17) is 4.74 Å². The molecule has 3 heteroatoms. The van der Waals surface area contributed by atoms with Gasteiger partial charge in [-0.25, -0.2) is 0 Å². The minimum absolute atomic E-state index is 0.187. The van der Waals surface area contributed by atoms with Gasteiger partial charge < -0.3 is 10.1 Å². The van der Waals surface area contributed by atoms with Crippen molar-refractivity contribution in [3.8, 4) is 5.75 Å².